The highest BCUT2D eigenvalue weighted by Crippen LogP contribution is 2.55. The van der Waals surface area contributed by atoms with Crippen molar-refractivity contribution in [3.8, 4) is 0 Å². The van der Waals surface area contributed by atoms with E-state index in [2.05, 4.69) is 54.0 Å². The van der Waals surface area contributed by atoms with Gasteiger partial charge in [0.25, 0.3) is 0 Å². The molecule has 2 heteroatoms. The lowest BCUT2D eigenvalue weighted by Gasteiger charge is -2.11. The topological polar surface area (TPSA) is 0 Å². The molecule has 1 aliphatic rings. The van der Waals surface area contributed by atoms with Gasteiger partial charge in [-0.1, -0.05) is 41.9 Å². The molecule has 0 amide bonds. The van der Waals surface area contributed by atoms with Crippen molar-refractivity contribution in [2.75, 3.05) is 0 Å². The second kappa shape index (κ2) is 4.10. The van der Waals surface area contributed by atoms with Gasteiger partial charge in [-0.05, 0) is 41.9 Å². The van der Waals surface area contributed by atoms with Gasteiger partial charge in [0.2, 0.25) is 0 Å². The van der Waals surface area contributed by atoms with E-state index in [0.717, 1.165) is 10.9 Å². The van der Waals surface area contributed by atoms with Crippen LogP contribution in [0, 0.1) is 11.3 Å². The molecule has 0 aromatic heterocycles. The Kier molecular flexibility index (Phi) is 3.14. The number of hydrogen-bond acceptors (Lipinski definition) is 0. The Bertz CT molecular complexity index is 342. The summed E-state index contributed by atoms with van der Waals surface area (Å²) in [6, 6.07) is 8.46. The van der Waals surface area contributed by atoms with Crippen molar-refractivity contribution in [2.45, 2.75) is 32.1 Å². The summed E-state index contributed by atoms with van der Waals surface area (Å²) in [5.41, 5.74) is 1.81. The number of halogens is 2. The number of benzene rings is 1. The van der Waals surface area contributed by atoms with Crippen LogP contribution in [0.15, 0.2) is 28.7 Å². The average Bonchev–Trinajstić information content (AvgIpc) is 2.79. The maximum atomic E-state index is 6.43. The first-order valence-electron chi connectivity index (χ1n) is 5.37. The maximum Gasteiger partial charge on any atom is 0.0409 e. The fourth-order valence-corrected chi connectivity index (χ4v) is 2.99. The summed E-state index contributed by atoms with van der Waals surface area (Å²) < 4.78 is 1.13. The summed E-state index contributed by atoms with van der Waals surface area (Å²) in [5, 5.41) is 0.293. The molecule has 2 rings (SSSR count). The van der Waals surface area contributed by atoms with Crippen molar-refractivity contribution in [3.63, 3.8) is 0 Å². The van der Waals surface area contributed by atoms with Crippen LogP contribution < -0.4 is 0 Å². The molecule has 0 aliphatic heterocycles. The summed E-state index contributed by atoms with van der Waals surface area (Å²) >= 11 is 9.86. The van der Waals surface area contributed by atoms with Crippen LogP contribution in [0.1, 0.15) is 25.8 Å². The largest absolute Gasteiger partial charge is 0.122 e. The second-order valence-corrected chi connectivity index (χ2v) is 6.62. The highest BCUT2D eigenvalue weighted by Gasteiger charge is 2.49. The Morgan fingerprint density at radius 3 is 2.40 bits per heavy atom. The van der Waals surface area contributed by atoms with Crippen molar-refractivity contribution in [1.29, 1.82) is 0 Å². The van der Waals surface area contributed by atoms with E-state index in [4.69, 9.17) is 11.6 Å². The standard InChI is InChI=1S/C13H16BrCl/c1-13(2)8-11(13)12(15)7-9-3-5-10(14)6-4-9/h3-6,11-12H,7-8H2,1-2H3. The second-order valence-electron chi connectivity index (χ2n) is 5.15. The molecule has 0 spiro atoms. The van der Waals surface area contributed by atoms with E-state index in [1.807, 2.05) is 0 Å². The van der Waals surface area contributed by atoms with Gasteiger partial charge in [0.15, 0.2) is 0 Å². The van der Waals surface area contributed by atoms with Crippen LogP contribution in [0.3, 0.4) is 0 Å². The van der Waals surface area contributed by atoms with Crippen LogP contribution in [-0.4, -0.2) is 5.38 Å². The smallest absolute Gasteiger partial charge is 0.0409 e. The summed E-state index contributed by atoms with van der Waals surface area (Å²) in [7, 11) is 0. The monoisotopic (exact) mass is 286 g/mol. The zero-order valence-corrected chi connectivity index (χ0v) is 11.5. The molecule has 1 fully saturated rings. The van der Waals surface area contributed by atoms with E-state index in [0.29, 0.717) is 16.7 Å². The fourth-order valence-electron chi connectivity index (χ4n) is 2.11. The van der Waals surface area contributed by atoms with Crippen LogP contribution in [0.2, 0.25) is 0 Å². The molecule has 0 N–H and O–H groups in total. The molecule has 0 nitrogen and oxygen atoms in total. The van der Waals surface area contributed by atoms with Crippen LogP contribution in [0.4, 0.5) is 0 Å². The molecule has 2 unspecified atom stereocenters. The first-order chi connectivity index (χ1) is 6.99. The van der Waals surface area contributed by atoms with E-state index in [1.165, 1.54) is 12.0 Å². The number of hydrogen-bond donors (Lipinski definition) is 0. The Hall–Kier alpha value is -0.0100. The van der Waals surface area contributed by atoms with Gasteiger partial charge >= 0.3 is 0 Å². The average molecular weight is 288 g/mol. The molecule has 15 heavy (non-hydrogen) atoms. The van der Waals surface area contributed by atoms with Crippen molar-refractivity contribution in [2.24, 2.45) is 11.3 Å². The highest BCUT2D eigenvalue weighted by atomic mass is 79.9. The molecule has 0 saturated heterocycles. The predicted molar refractivity (Wildman–Crippen MR) is 69.4 cm³/mol. The van der Waals surface area contributed by atoms with Crippen molar-refractivity contribution < 1.29 is 0 Å². The van der Waals surface area contributed by atoms with Gasteiger partial charge in [-0.2, -0.15) is 0 Å². The fraction of sp³-hybridized carbons (Fsp3) is 0.538. The number of alkyl halides is 1. The molecule has 0 bridgehead atoms. The normalized spacial score (nSPS) is 24.9. The summed E-state index contributed by atoms with van der Waals surface area (Å²) in [4.78, 5) is 0. The van der Waals surface area contributed by atoms with Crippen molar-refractivity contribution >= 4 is 27.5 Å². The van der Waals surface area contributed by atoms with Crippen LogP contribution >= 0.6 is 27.5 Å². The predicted octanol–water partition coefficient (Wildman–Crippen LogP) is 4.65. The van der Waals surface area contributed by atoms with Crippen LogP contribution in [0.5, 0.6) is 0 Å². The van der Waals surface area contributed by atoms with Gasteiger partial charge in [0.1, 0.15) is 0 Å². The van der Waals surface area contributed by atoms with Crippen LogP contribution in [-0.2, 0) is 6.42 Å². The number of rotatable bonds is 3. The van der Waals surface area contributed by atoms with Gasteiger partial charge in [0, 0.05) is 9.85 Å². The molecule has 1 aromatic rings. The van der Waals surface area contributed by atoms with Gasteiger partial charge in [-0.25, -0.2) is 0 Å². The lowest BCUT2D eigenvalue weighted by Crippen LogP contribution is -2.09. The third kappa shape index (κ3) is 2.76. The molecule has 1 saturated carbocycles. The third-order valence-electron chi connectivity index (χ3n) is 3.37. The molecule has 1 aliphatic carbocycles. The van der Waals surface area contributed by atoms with E-state index in [9.17, 15) is 0 Å². The highest BCUT2D eigenvalue weighted by molar-refractivity contribution is 9.10. The van der Waals surface area contributed by atoms with E-state index < -0.39 is 0 Å². The molecule has 1 aromatic carbocycles. The minimum Gasteiger partial charge on any atom is -0.122 e. The Morgan fingerprint density at radius 1 is 1.40 bits per heavy atom. The molecular weight excluding hydrogens is 272 g/mol. The molecule has 2 atom stereocenters. The van der Waals surface area contributed by atoms with E-state index in [1.54, 1.807) is 0 Å². The van der Waals surface area contributed by atoms with E-state index in [-0.39, 0.29) is 0 Å². The van der Waals surface area contributed by atoms with Gasteiger partial charge in [0.05, 0.1) is 0 Å². The Balaban J connectivity index is 1.95. The van der Waals surface area contributed by atoms with Gasteiger partial charge in [-0.3, -0.25) is 0 Å². The zero-order valence-electron chi connectivity index (χ0n) is 9.13. The molecule has 82 valence electrons. The zero-order chi connectivity index (χ0) is 11.1. The first kappa shape index (κ1) is 11.5. The molecular formula is C13H16BrCl. The molecule has 0 heterocycles. The minimum atomic E-state index is 0.293. The Labute approximate surface area is 105 Å². The summed E-state index contributed by atoms with van der Waals surface area (Å²) in [6.45, 7) is 4.60. The minimum absolute atomic E-state index is 0.293. The lowest BCUT2D eigenvalue weighted by atomic mass is 10.0. The maximum absolute atomic E-state index is 6.43. The first-order valence-corrected chi connectivity index (χ1v) is 6.60. The summed E-state index contributed by atoms with van der Waals surface area (Å²) in [6.07, 6.45) is 2.26. The molecule has 0 radical (unpaired) electrons. The van der Waals surface area contributed by atoms with Crippen molar-refractivity contribution in [3.05, 3.63) is 34.3 Å². The summed E-state index contributed by atoms with van der Waals surface area (Å²) in [5.74, 6) is 0.697. The SMILES string of the molecule is CC1(C)CC1C(Cl)Cc1ccc(Br)cc1. The van der Waals surface area contributed by atoms with Gasteiger partial charge < -0.3 is 0 Å². The van der Waals surface area contributed by atoms with Gasteiger partial charge in [-0.15, -0.1) is 11.6 Å². The Morgan fingerprint density at radius 2 is 1.93 bits per heavy atom. The van der Waals surface area contributed by atoms with Crippen molar-refractivity contribution in [1.82, 2.24) is 0 Å². The third-order valence-corrected chi connectivity index (χ3v) is 4.36. The quantitative estimate of drug-likeness (QED) is 0.710. The lowest BCUT2D eigenvalue weighted by molar-refractivity contribution is 0.538. The van der Waals surface area contributed by atoms with E-state index >= 15 is 0 Å². The van der Waals surface area contributed by atoms with Crippen LogP contribution in [0.25, 0.3) is 0 Å².